The van der Waals surface area contributed by atoms with Crippen LogP contribution in [0.25, 0.3) is 0 Å². The van der Waals surface area contributed by atoms with Crippen LogP contribution in [-0.4, -0.2) is 96.7 Å². The van der Waals surface area contributed by atoms with Gasteiger partial charge in [-0.3, -0.25) is 37.3 Å². The lowest BCUT2D eigenvalue weighted by Crippen LogP contribution is -2.30. The maximum atomic E-state index is 13.1. The Morgan fingerprint density at radius 3 is 0.736 bits per heavy atom. The Hall–Kier alpha value is -6.10. The molecule has 0 amide bonds. The van der Waals surface area contributed by atoms with E-state index < -0.39 is 97.5 Å². The number of ether oxygens (including phenoxy) is 4. The van der Waals surface area contributed by atoms with E-state index in [1.54, 1.807) is 0 Å². The summed E-state index contributed by atoms with van der Waals surface area (Å²) in [5, 5.41) is 10.7. The Morgan fingerprint density at radius 2 is 0.464 bits per heavy atom. The number of aliphatic hydroxyl groups excluding tert-OH is 1. The largest absolute Gasteiger partial charge is 0.472 e. The molecule has 5 atom stereocenters. The summed E-state index contributed by atoms with van der Waals surface area (Å²) in [6.07, 6.45) is 99.8. The minimum Gasteiger partial charge on any atom is -0.462 e. The third-order valence-electron chi connectivity index (χ3n) is 16.6. The van der Waals surface area contributed by atoms with Crippen molar-refractivity contribution in [1.29, 1.82) is 0 Å². The second-order valence-corrected chi connectivity index (χ2v) is 29.8. The van der Waals surface area contributed by atoms with Crippen molar-refractivity contribution in [3.8, 4) is 0 Å². The topological polar surface area (TPSA) is 237 Å². The van der Waals surface area contributed by atoms with E-state index in [9.17, 15) is 43.2 Å². The van der Waals surface area contributed by atoms with E-state index in [0.29, 0.717) is 32.1 Å². The van der Waals surface area contributed by atoms with Crippen LogP contribution in [0.4, 0.5) is 0 Å². The molecule has 0 radical (unpaired) electrons. The second kappa shape index (κ2) is 80.9. The van der Waals surface area contributed by atoms with Crippen molar-refractivity contribution in [3.63, 3.8) is 0 Å². The van der Waals surface area contributed by atoms with Crippen molar-refractivity contribution in [2.24, 2.45) is 0 Å². The van der Waals surface area contributed by atoms with Crippen LogP contribution in [0.2, 0.25) is 0 Å². The van der Waals surface area contributed by atoms with Gasteiger partial charge in [0, 0.05) is 25.7 Å². The Kier molecular flexibility index (Phi) is 76.4. The molecule has 0 aliphatic rings. The highest BCUT2D eigenvalue weighted by molar-refractivity contribution is 7.47. The lowest BCUT2D eigenvalue weighted by Gasteiger charge is -2.21. The molecule has 0 heterocycles. The van der Waals surface area contributed by atoms with Gasteiger partial charge in [0.25, 0.3) is 0 Å². The summed E-state index contributed by atoms with van der Waals surface area (Å²) in [6, 6.07) is 0. The molecule has 0 saturated heterocycles. The lowest BCUT2D eigenvalue weighted by atomic mass is 10.1. The van der Waals surface area contributed by atoms with Gasteiger partial charge in [-0.2, -0.15) is 0 Å². The monoisotopic (exact) mass is 1570 g/mol. The van der Waals surface area contributed by atoms with Gasteiger partial charge in [-0.15, -0.1) is 0 Å². The number of allylic oxidation sites excluding steroid dienone is 32. The van der Waals surface area contributed by atoms with Gasteiger partial charge >= 0.3 is 39.5 Å². The molecule has 0 aromatic heterocycles. The molecule has 0 aliphatic heterocycles. The maximum absolute atomic E-state index is 13.1. The fourth-order valence-electron chi connectivity index (χ4n) is 10.4. The molecule has 0 aromatic rings. The zero-order valence-electron chi connectivity index (χ0n) is 68.1. The summed E-state index contributed by atoms with van der Waals surface area (Å²) in [5.74, 6) is -2.33. The van der Waals surface area contributed by atoms with Gasteiger partial charge in [0.15, 0.2) is 12.2 Å². The van der Waals surface area contributed by atoms with Crippen molar-refractivity contribution in [1.82, 2.24) is 0 Å². The highest BCUT2D eigenvalue weighted by Crippen LogP contribution is 2.45. The molecular weight excluding hydrogens is 1430 g/mol. The normalized spacial score (nSPS) is 14.8. The molecule has 0 spiro atoms. The van der Waals surface area contributed by atoms with Crippen molar-refractivity contribution >= 4 is 39.5 Å². The van der Waals surface area contributed by atoms with Crippen LogP contribution >= 0.6 is 15.6 Å². The molecule has 0 bridgehead atoms. The summed E-state index contributed by atoms with van der Waals surface area (Å²) in [5.41, 5.74) is 0. The first-order valence-corrected chi connectivity index (χ1v) is 44.7. The summed E-state index contributed by atoms with van der Waals surface area (Å²) < 4.78 is 68.7. The molecule has 622 valence electrons. The zero-order valence-corrected chi connectivity index (χ0v) is 69.9. The first-order chi connectivity index (χ1) is 53.7. The first-order valence-electron chi connectivity index (χ1n) is 41.7. The Balaban J connectivity index is 5.50. The van der Waals surface area contributed by atoms with Crippen molar-refractivity contribution in [3.05, 3.63) is 194 Å². The number of carbonyl (C=O) groups is 4. The third-order valence-corrected chi connectivity index (χ3v) is 18.5. The third kappa shape index (κ3) is 80.0. The van der Waals surface area contributed by atoms with E-state index in [0.717, 1.165) is 212 Å². The molecule has 0 saturated carbocycles. The number of phosphoric ester groups is 2. The fourth-order valence-corrected chi connectivity index (χ4v) is 12.0. The summed E-state index contributed by atoms with van der Waals surface area (Å²) in [7, 11) is -10.0. The first kappa shape index (κ1) is 104. The summed E-state index contributed by atoms with van der Waals surface area (Å²) in [4.78, 5) is 73.2. The van der Waals surface area contributed by atoms with E-state index >= 15 is 0 Å². The van der Waals surface area contributed by atoms with Crippen LogP contribution in [-0.2, 0) is 65.4 Å². The van der Waals surface area contributed by atoms with Crippen LogP contribution in [0.15, 0.2) is 194 Å². The van der Waals surface area contributed by atoms with Gasteiger partial charge in [0.1, 0.15) is 19.3 Å². The molecule has 19 heteroatoms. The van der Waals surface area contributed by atoms with Gasteiger partial charge in [-0.05, 0) is 167 Å². The number of phosphoric acid groups is 2. The van der Waals surface area contributed by atoms with E-state index in [4.69, 9.17) is 37.0 Å². The number of unbranched alkanes of at least 4 members (excludes halogenated alkanes) is 18. The summed E-state index contributed by atoms with van der Waals surface area (Å²) >= 11 is 0. The zero-order chi connectivity index (χ0) is 80.3. The van der Waals surface area contributed by atoms with Crippen LogP contribution in [0.5, 0.6) is 0 Å². The van der Waals surface area contributed by atoms with Gasteiger partial charge in [0.2, 0.25) is 0 Å². The van der Waals surface area contributed by atoms with Crippen molar-refractivity contribution in [2.75, 3.05) is 39.6 Å². The number of carbonyl (C=O) groups excluding carboxylic acids is 4. The molecule has 3 N–H and O–H groups in total. The van der Waals surface area contributed by atoms with Crippen LogP contribution in [0.3, 0.4) is 0 Å². The van der Waals surface area contributed by atoms with E-state index in [-0.39, 0.29) is 25.7 Å². The lowest BCUT2D eigenvalue weighted by molar-refractivity contribution is -0.161. The molecule has 110 heavy (non-hydrogen) atoms. The predicted molar refractivity (Wildman–Crippen MR) is 454 cm³/mol. The highest BCUT2D eigenvalue weighted by atomic mass is 31.2. The Morgan fingerprint density at radius 1 is 0.255 bits per heavy atom. The molecule has 0 aliphatic carbocycles. The number of esters is 4. The van der Waals surface area contributed by atoms with Gasteiger partial charge in [0.05, 0.1) is 26.4 Å². The highest BCUT2D eigenvalue weighted by Gasteiger charge is 2.30. The maximum Gasteiger partial charge on any atom is 0.472 e. The molecular formula is C91H146O17P2. The van der Waals surface area contributed by atoms with Gasteiger partial charge < -0.3 is 33.8 Å². The number of hydrogen-bond acceptors (Lipinski definition) is 15. The minimum absolute atomic E-state index is 0.0229. The second-order valence-electron chi connectivity index (χ2n) is 26.9. The molecule has 17 nitrogen and oxygen atoms in total. The smallest absolute Gasteiger partial charge is 0.462 e. The molecule has 0 fully saturated rings. The average molecular weight is 1570 g/mol. The van der Waals surface area contributed by atoms with Crippen molar-refractivity contribution in [2.45, 2.75) is 316 Å². The fraction of sp³-hybridized carbons (Fsp3) is 0.604. The predicted octanol–water partition coefficient (Wildman–Crippen LogP) is 24.9. The van der Waals surface area contributed by atoms with Crippen LogP contribution < -0.4 is 0 Å². The molecule has 5 unspecified atom stereocenters. The number of hydrogen-bond donors (Lipinski definition) is 3. The quantitative estimate of drug-likeness (QED) is 0.0169. The van der Waals surface area contributed by atoms with Crippen LogP contribution in [0, 0.1) is 0 Å². The molecule has 0 rings (SSSR count). The van der Waals surface area contributed by atoms with E-state index in [1.165, 1.54) is 0 Å². The van der Waals surface area contributed by atoms with Crippen molar-refractivity contribution < 1.29 is 80.2 Å². The standard InChI is InChI=1S/C91H146O17P2/c1-5-9-13-17-21-25-29-33-37-41-42-46-48-52-56-60-64-68-72-76-89(94)102-82-87(108-91(96)78-74-70-66-62-58-54-50-45-40-36-32-28-24-20-16-12-8-4)84-106-110(99,100)104-80-85(92)79-103-109(97,98)105-83-86(107-90(95)77-73-69-65-61-57-53-49-44-39-35-31-27-23-19-15-11-7-3)81-101-88(93)75-71-67-63-59-55-51-47-43-38-34-30-26-22-18-14-10-6-2/h9-16,21-28,33-40,42,46,50,52,54,56,64,68,85-87,92H,5-8,17-20,29-32,41,43-45,47-49,51,53,55,57-63,65-67,69-84H2,1-4H3,(H,97,98)(H,99,100)/b13-9-,14-10-,15-11-,16-12-,25-21-,26-22-,27-23-,28-24-,37-33-,38-34-,39-35-,40-36-,46-42-,54-50-,56-52-,68-64-. The van der Waals surface area contributed by atoms with Crippen LogP contribution in [0.1, 0.15) is 297 Å². The average Bonchev–Trinajstić information content (AvgIpc) is 0.906. The molecule has 0 aromatic carbocycles. The van der Waals surface area contributed by atoms with Gasteiger partial charge in [-0.25, -0.2) is 9.13 Å². The van der Waals surface area contributed by atoms with E-state index in [2.05, 4.69) is 204 Å². The van der Waals surface area contributed by atoms with E-state index in [1.807, 2.05) is 18.2 Å². The Labute approximate surface area is 666 Å². The number of aliphatic hydroxyl groups is 1. The Bertz CT molecular complexity index is 2850. The SMILES string of the molecule is CC/C=C\C/C=C\C/C=C\C/C=C\C/C=C\C/C=C\CCC(=O)OCC(COP(=O)(O)OCC(O)COP(=O)(O)OCC(COC(=O)CCCCCCCCC/C=C\C/C=C\C/C=C\CC)OC(=O)CCCCCCCCC/C=C\C/C=C\C/C=C\CC)OC(=O)CCCCCC/C=C\C/C=C\C/C=C\C/C=C\CC. The minimum atomic E-state index is -5.02. The number of rotatable bonds is 76. The van der Waals surface area contributed by atoms with Gasteiger partial charge in [-0.1, -0.05) is 299 Å². The summed E-state index contributed by atoms with van der Waals surface area (Å²) in [6.45, 7) is 4.29.